The first-order chi connectivity index (χ1) is 16.4. The lowest BCUT2D eigenvalue weighted by Crippen LogP contribution is -2.42. The molecule has 9 heteroatoms. The Hall–Kier alpha value is -4.53. The van der Waals surface area contributed by atoms with Crippen molar-refractivity contribution in [3.8, 4) is 23.0 Å². The molecule has 3 aromatic carbocycles. The van der Waals surface area contributed by atoms with Gasteiger partial charge >= 0.3 is 6.03 Å². The van der Waals surface area contributed by atoms with Crippen LogP contribution in [0.25, 0.3) is 0 Å². The van der Waals surface area contributed by atoms with Crippen LogP contribution < -0.4 is 24.8 Å². The van der Waals surface area contributed by atoms with Crippen LogP contribution >= 0.6 is 0 Å². The summed E-state index contributed by atoms with van der Waals surface area (Å²) >= 11 is 0. The van der Waals surface area contributed by atoms with Crippen molar-refractivity contribution in [2.24, 2.45) is 0 Å². The molecule has 0 saturated carbocycles. The third-order valence-corrected chi connectivity index (χ3v) is 5.66. The van der Waals surface area contributed by atoms with Crippen molar-refractivity contribution < 1.29 is 28.6 Å². The van der Waals surface area contributed by atoms with E-state index in [1.165, 1.54) is 0 Å². The van der Waals surface area contributed by atoms with Crippen molar-refractivity contribution in [3.63, 3.8) is 0 Å². The normalized spacial score (nSPS) is 18.6. The van der Waals surface area contributed by atoms with Crippen LogP contribution in [0.1, 0.15) is 12.5 Å². The SMILES string of the molecule is C[C@@]1(c2ccc3c(c2)OCO3)NC(=O)N(CC(=O)Nc2ccccc2Oc2ccccc2)C1=O. The van der Waals surface area contributed by atoms with Gasteiger partial charge in [0.25, 0.3) is 5.91 Å². The Kier molecular flexibility index (Phi) is 5.29. The Morgan fingerprint density at radius 1 is 1.03 bits per heavy atom. The molecule has 4 amide bonds. The Morgan fingerprint density at radius 2 is 1.76 bits per heavy atom. The van der Waals surface area contributed by atoms with Crippen molar-refractivity contribution in [1.82, 2.24) is 10.2 Å². The van der Waals surface area contributed by atoms with E-state index in [4.69, 9.17) is 14.2 Å². The van der Waals surface area contributed by atoms with E-state index in [1.54, 1.807) is 61.5 Å². The maximum Gasteiger partial charge on any atom is 0.325 e. The quantitative estimate of drug-likeness (QED) is 0.546. The predicted molar refractivity (Wildman–Crippen MR) is 122 cm³/mol. The highest BCUT2D eigenvalue weighted by atomic mass is 16.7. The Morgan fingerprint density at radius 3 is 2.59 bits per heavy atom. The Bertz CT molecular complexity index is 1280. The molecule has 0 unspecified atom stereocenters. The van der Waals surface area contributed by atoms with E-state index in [0.29, 0.717) is 34.2 Å². The zero-order valence-corrected chi connectivity index (χ0v) is 18.2. The van der Waals surface area contributed by atoms with E-state index in [2.05, 4.69) is 10.6 Å². The third kappa shape index (κ3) is 3.88. The van der Waals surface area contributed by atoms with Gasteiger partial charge in [-0.05, 0) is 48.9 Å². The van der Waals surface area contributed by atoms with E-state index in [0.717, 1.165) is 4.90 Å². The molecule has 1 atom stereocenters. The second kappa shape index (κ2) is 8.43. The molecule has 2 N–H and O–H groups in total. The fourth-order valence-electron chi connectivity index (χ4n) is 3.85. The molecule has 0 radical (unpaired) electrons. The highest BCUT2D eigenvalue weighted by molar-refractivity contribution is 6.10. The molecule has 2 aliphatic heterocycles. The molecule has 2 aliphatic rings. The maximum absolute atomic E-state index is 13.2. The molecule has 5 rings (SSSR count). The lowest BCUT2D eigenvalue weighted by molar-refractivity contribution is -0.133. The number of para-hydroxylation sites is 3. The first-order valence-corrected chi connectivity index (χ1v) is 10.6. The number of hydrogen-bond acceptors (Lipinski definition) is 6. The van der Waals surface area contributed by atoms with Crippen LogP contribution in [-0.2, 0) is 15.1 Å². The van der Waals surface area contributed by atoms with Crippen LogP contribution in [-0.4, -0.2) is 36.1 Å². The molecule has 0 spiro atoms. The summed E-state index contributed by atoms with van der Waals surface area (Å²) in [5, 5.41) is 5.41. The molecule has 3 aromatic rings. The zero-order valence-electron chi connectivity index (χ0n) is 18.2. The molecule has 0 bridgehead atoms. The lowest BCUT2D eigenvalue weighted by atomic mass is 9.91. The summed E-state index contributed by atoms with van der Waals surface area (Å²) in [5.41, 5.74) is -0.395. The van der Waals surface area contributed by atoms with Crippen LogP contribution in [0, 0.1) is 0 Å². The molecule has 34 heavy (non-hydrogen) atoms. The summed E-state index contributed by atoms with van der Waals surface area (Å²) < 4.78 is 16.5. The summed E-state index contributed by atoms with van der Waals surface area (Å²) in [6, 6.07) is 20.4. The number of hydrogen-bond donors (Lipinski definition) is 2. The van der Waals surface area contributed by atoms with E-state index in [1.807, 2.05) is 18.2 Å². The summed E-state index contributed by atoms with van der Waals surface area (Å²) in [5.74, 6) is 1.02. The Labute approximate surface area is 195 Å². The van der Waals surface area contributed by atoms with Gasteiger partial charge in [0.05, 0.1) is 5.69 Å². The average Bonchev–Trinajstić information content (AvgIpc) is 3.39. The number of benzene rings is 3. The fraction of sp³-hybridized carbons (Fsp3) is 0.160. The number of imide groups is 1. The highest BCUT2D eigenvalue weighted by Crippen LogP contribution is 2.38. The molecule has 172 valence electrons. The number of rotatable bonds is 6. The first kappa shape index (κ1) is 21.3. The highest BCUT2D eigenvalue weighted by Gasteiger charge is 2.50. The van der Waals surface area contributed by atoms with E-state index in [-0.39, 0.29) is 6.79 Å². The zero-order chi connectivity index (χ0) is 23.7. The van der Waals surface area contributed by atoms with E-state index in [9.17, 15) is 14.4 Å². The van der Waals surface area contributed by atoms with Gasteiger partial charge in [-0.2, -0.15) is 0 Å². The third-order valence-electron chi connectivity index (χ3n) is 5.66. The number of amides is 4. The Balaban J connectivity index is 1.30. The molecule has 2 heterocycles. The second-order valence-electron chi connectivity index (χ2n) is 7.97. The van der Waals surface area contributed by atoms with Crippen molar-refractivity contribution in [2.75, 3.05) is 18.7 Å². The van der Waals surface area contributed by atoms with Gasteiger partial charge in [0.2, 0.25) is 12.7 Å². The van der Waals surface area contributed by atoms with Gasteiger partial charge in [-0.15, -0.1) is 0 Å². The number of urea groups is 1. The summed E-state index contributed by atoms with van der Waals surface area (Å²) in [4.78, 5) is 39.5. The molecule has 0 aliphatic carbocycles. The number of carbonyl (C=O) groups is 3. The molecule has 9 nitrogen and oxygen atoms in total. The number of ether oxygens (including phenoxy) is 3. The van der Waals surface area contributed by atoms with E-state index >= 15 is 0 Å². The van der Waals surface area contributed by atoms with Crippen LogP contribution in [0.15, 0.2) is 72.8 Å². The van der Waals surface area contributed by atoms with Gasteiger partial charge in [-0.25, -0.2) is 4.79 Å². The largest absolute Gasteiger partial charge is 0.455 e. The summed E-state index contributed by atoms with van der Waals surface area (Å²) in [6.07, 6.45) is 0. The van der Waals surface area contributed by atoms with Gasteiger partial charge < -0.3 is 24.8 Å². The minimum Gasteiger partial charge on any atom is -0.455 e. The fourth-order valence-corrected chi connectivity index (χ4v) is 3.85. The smallest absolute Gasteiger partial charge is 0.325 e. The number of nitrogens with zero attached hydrogens (tertiary/aromatic N) is 1. The number of nitrogens with one attached hydrogen (secondary N) is 2. The minimum atomic E-state index is -1.34. The van der Waals surface area contributed by atoms with Crippen molar-refractivity contribution in [1.29, 1.82) is 0 Å². The summed E-state index contributed by atoms with van der Waals surface area (Å²) in [6.45, 7) is 1.23. The van der Waals surface area contributed by atoms with Crippen molar-refractivity contribution in [3.05, 3.63) is 78.4 Å². The van der Waals surface area contributed by atoms with Gasteiger partial charge in [-0.3, -0.25) is 14.5 Å². The monoisotopic (exact) mass is 459 g/mol. The van der Waals surface area contributed by atoms with Crippen molar-refractivity contribution >= 4 is 23.5 Å². The predicted octanol–water partition coefficient (Wildman–Crippen LogP) is 3.61. The molecular weight excluding hydrogens is 438 g/mol. The van der Waals surface area contributed by atoms with E-state index < -0.39 is 29.9 Å². The number of anilines is 1. The van der Waals surface area contributed by atoms with Gasteiger partial charge in [0.15, 0.2) is 17.2 Å². The van der Waals surface area contributed by atoms with Gasteiger partial charge in [0, 0.05) is 0 Å². The molecular formula is C25H21N3O6. The molecule has 0 aromatic heterocycles. The lowest BCUT2D eigenvalue weighted by Gasteiger charge is -2.22. The minimum absolute atomic E-state index is 0.0948. The number of fused-ring (bicyclic) bond motifs is 1. The van der Waals surface area contributed by atoms with Crippen LogP contribution in [0.5, 0.6) is 23.0 Å². The number of carbonyl (C=O) groups excluding carboxylic acids is 3. The topological polar surface area (TPSA) is 106 Å². The van der Waals surface area contributed by atoms with Gasteiger partial charge in [-0.1, -0.05) is 36.4 Å². The van der Waals surface area contributed by atoms with Crippen LogP contribution in [0.2, 0.25) is 0 Å². The van der Waals surface area contributed by atoms with Crippen LogP contribution in [0.3, 0.4) is 0 Å². The first-order valence-electron chi connectivity index (χ1n) is 10.6. The van der Waals surface area contributed by atoms with Gasteiger partial charge in [0.1, 0.15) is 17.8 Å². The molecule has 1 saturated heterocycles. The van der Waals surface area contributed by atoms with Crippen LogP contribution in [0.4, 0.5) is 10.5 Å². The molecule has 1 fully saturated rings. The summed E-state index contributed by atoms with van der Waals surface area (Å²) in [7, 11) is 0. The maximum atomic E-state index is 13.2. The standard InChI is InChI=1S/C25H21N3O6/c1-25(16-11-12-20-21(13-16)33-15-32-20)23(30)28(24(31)27-25)14-22(29)26-18-9-5-6-10-19(18)34-17-7-3-2-4-8-17/h2-13H,14-15H2,1H3,(H,26,29)(H,27,31)/t25-/m0/s1. The average molecular weight is 459 g/mol. The van der Waals surface area contributed by atoms with Crippen molar-refractivity contribution in [2.45, 2.75) is 12.5 Å². The second-order valence-corrected chi connectivity index (χ2v) is 7.97.